The monoisotopic (exact) mass is 291 g/mol. The number of furan rings is 1. The number of aryl methyl sites for hydroxylation is 1. The summed E-state index contributed by atoms with van der Waals surface area (Å²) in [5, 5.41) is 1.57. The molecule has 5 nitrogen and oxygen atoms in total. The molecule has 0 saturated heterocycles. The molecule has 1 aromatic heterocycles. The average Bonchev–Trinajstić information content (AvgIpc) is 2.76. The molecule has 1 rings (SSSR count). The van der Waals surface area contributed by atoms with Crippen molar-refractivity contribution in [3.63, 3.8) is 0 Å². The van der Waals surface area contributed by atoms with E-state index in [-0.39, 0.29) is 0 Å². The zero-order chi connectivity index (χ0) is 15.2. The summed E-state index contributed by atoms with van der Waals surface area (Å²) in [7, 11) is 0. The number of esters is 1. The Morgan fingerprint density at radius 2 is 2.10 bits per heavy atom. The van der Waals surface area contributed by atoms with E-state index in [2.05, 4.69) is 4.74 Å². The van der Waals surface area contributed by atoms with Gasteiger partial charge in [-0.15, -0.1) is 0 Å². The standard InChI is InChI=1S/C12H12F3NO4/c1-8-2-3-9(20-8)4-5-11(18)19-6-10(17)16-7-12(13,14)15/h2-5H,6-7H2,1H3,(H,16,17)/b5-4+. The van der Waals surface area contributed by atoms with Crippen LogP contribution in [0.2, 0.25) is 0 Å². The van der Waals surface area contributed by atoms with Crippen LogP contribution in [0.15, 0.2) is 22.6 Å². The fourth-order valence-electron chi connectivity index (χ4n) is 1.13. The quantitative estimate of drug-likeness (QED) is 0.663. The zero-order valence-electron chi connectivity index (χ0n) is 10.5. The lowest BCUT2D eigenvalue weighted by Crippen LogP contribution is -2.36. The summed E-state index contributed by atoms with van der Waals surface area (Å²) in [5.41, 5.74) is 0. The maximum Gasteiger partial charge on any atom is 0.405 e. The van der Waals surface area contributed by atoms with Crippen molar-refractivity contribution in [2.45, 2.75) is 13.1 Å². The predicted octanol–water partition coefficient (Wildman–Crippen LogP) is 1.82. The predicted molar refractivity (Wildman–Crippen MR) is 62.5 cm³/mol. The molecule has 1 amide bonds. The van der Waals surface area contributed by atoms with Crippen LogP contribution < -0.4 is 5.32 Å². The minimum absolute atomic E-state index is 0.418. The minimum atomic E-state index is -4.50. The lowest BCUT2D eigenvalue weighted by atomic mass is 10.4. The SMILES string of the molecule is Cc1ccc(/C=C/C(=O)OCC(=O)NCC(F)(F)F)o1. The summed E-state index contributed by atoms with van der Waals surface area (Å²) < 4.78 is 44.9. The van der Waals surface area contributed by atoms with Crippen LogP contribution in [0.3, 0.4) is 0 Å². The van der Waals surface area contributed by atoms with E-state index < -0.39 is 31.2 Å². The van der Waals surface area contributed by atoms with Crippen LogP contribution in [-0.2, 0) is 14.3 Å². The van der Waals surface area contributed by atoms with Gasteiger partial charge in [0.05, 0.1) is 0 Å². The summed E-state index contributed by atoms with van der Waals surface area (Å²) in [6, 6.07) is 3.31. The molecule has 0 saturated carbocycles. The van der Waals surface area contributed by atoms with Crippen LogP contribution in [0.5, 0.6) is 0 Å². The third-order valence-electron chi connectivity index (χ3n) is 1.98. The van der Waals surface area contributed by atoms with Gasteiger partial charge in [-0.1, -0.05) is 0 Å². The molecular weight excluding hydrogens is 279 g/mol. The number of ether oxygens (including phenoxy) is 1. The number of halogens is 3. The van der Waals surface area contributed by atoms with Gasteiger partial charge < -0.3 is 14.5 Å². The van der Waals surface area contributed by atoms with Gasteiger partial charge in [-0.2, -0.15) is 13.2 Å². The first-order chi connectivity index (χ1) is 9.26. The Morgan fingerprint density at radius 3 is 2.65 bits per heavy atom. The molecular formula is C12H12F3NO4. The van der Waals surface area contributed by atoms with E-state index in [1.165, 1.54) is 6.08 Å². The van der Waals surface area contributed by atoms with Gasteiger partial charge in [0.2, 0.25) is 0 Å². The van der Waals surface area contributed by atoms with Crippen molar-refractivity contribution in [2.24, 2.45) is 0 Å². The topological polar surface area (TPSA) is 68.5 Å². The third-order valence-corrected chi connectivity index (χ3v) is 1.98. The van der Waals surface area contributed by atoms with Gasteiger partial charge in [0.15, 0.2) is 6.61 Å². The van der Waals surface area contributed by atoms with Crippen LogP contribution in [-0.4, -0.2) is 31.2 Å². The Balaban J connectivity index is 2.29. The molecule has 0 aliphatic rings. The van der Waals surface area contributed by atoms with Crippen molar-refractivity contribution >= 4 is 18.0 Å². The highest BCUT2D eigenvalue weighted by atomic mass is 19.4. The molecule has 0 aliphatic heterocycles. The van der Waals surface area contributed by atoms with Crippen LogP contribution in [0.25, 0.3) is 6.08 Å². The largest absolute Gasteiger partial charge is 0.462 e. The summed E-state index contributed by atoms with van der Waals surface area (Å²) in [6.45, 7) is -0.526. The first-order valence-corrected chi connectivity index (χ1v) is 5.51. The molecule has 0 bridgehead atoms. The van der Waals surface area contributed by atoms with Crippen LogP contribution in [0.1, 0.15) is 11.5 Å². The fourth-order valence-corrected chi connectivity index (χ4v) is 1.13. The van der Waals surface area contributed by atoms with Crippen molar-refractivity contribution in [1.29, 1.82) is 0 Å². The van der Waals surface area contributed by atoms with E-state index in [1.54, 1.807) is 24.4 Å². The first-order valence-electron chi connectivity index (χ1n) is 5.51. The molecule has 0 radical (unpaired) electrons. The number of carbonyl (C=O) groups is 2. The molecule has 0 aromatic carbocycles. The second-order valence-electron chi connectivity index (χ2n) is 3.78. The van der Waals surface area contributed by atoms with Crippen LogP contribution in [0, 0.1) is 6.92 Å². The second kappa shape index (κ2) is 6.78. The Labute approximate surface area is 112 Å². The van der Waals surface area contributed by atoms with E-state index >= 15 is 0 Å². The maximum absolute atomic E-state index is 11.8. The smallest absolute Gasteiger partial charge is 0.405 e. The van der Waals surface area contributed by atoms with Gasteiger partial charge in [-0.25, -0.2) is 4.79 Å². The molecule has 0 unspecified atom stereocenters. The van der Waals surface area contributed by atoms with Crippen LogP contribution in [0.4, 0.5) is 13.2 Å². The Bertz CT molecular complexity index is 505. The molecule has 1 heterocycles. The van der Waals surface area contributed by atoms with Crippen LogP contribution >= 0.6 is 0 Å². The van der Waals surface area contributed by atoms with Gasteiger partial charge in [0.1, 0.15) is 18.1 Å². The molecule has 0 spiro atoms. The molecule has 1 aromatic rings. The lowest BCUT2D eigenvalue weighted by Gasteiger charge is -2.07. The van der Waals surface area contributed by atoms with Gasteiger partial charge in [0, 0.05) is 6.08 Å². The Kier molecular flexibility index (Phi) is 5.36. The number of rotatable bonds is 5. The van der Waals surface area contributed by atoms with E-state index in [0.717, 1.165) is 6.08 Å². The summed E-state index contributed by atoms with van der Waals surface area (Å²) >= 11 is 0. The Hall–Kier alpha value is -2.25. The lowest BCUT2D eigenvalue weighted by molar-refractivity contribution is -0.148. The van der Waals surface area contributed by atoms with Gasteiger partial charge in [-0.3, -0.25) is 4.79 Å². The highest BCUT2D eigenvalue weighted by Crippen LogP contribution is 2.12. The molecule has 8 heteroatoms. The van der Waals surface area contributed by atoms with E-state index in [4.69, 9.17) is 4.42 Å². The first kappa shape index (κ1) is 15.8. The number of carbonyl (C=O) groups excluding carboxylic acids is 2. The highest BCUT2D eigenvalue weighted by Gasteiger charge is 2.27. The maximum atomic E-state index is 11.8. The van der Waals surface area contributed by atoms with Crippen molar-refractivity contribution in [2.75, 3.05) is 13.2 Å². The van der Waals surface area contributed by atoms with Gasteiger partial charge in [0.25, 0.3) is 5.91 Å². The molecule has 1 N–H and O–H groups in total. The molecule has 20 heavy (non-hydrogen) atoms. The summed E-state index contributed by atoms with van der Waals surface area (Å²) in [4.78, 5) is 22.1. The number of alkyl halides is 3. The third kappa shape index (κ3) is 6.62. The van der Waals surface area contributed by atoms with E-state index in [1.807, 2.05) is 0 Å². The number of hydrogen-bond donors (Lipinski definition) is 1. The normalized spacial score (nSPS) is 11.6. The Morgan fingerprint density at radius 1 is 1.40 bits per heavy atom. The van der Waals surface area contributed by atoms with E-state index in [9.17, 15) is 22.8 Å². The second-order valence-corrected chi connectivity index (χ2v) is 3.78. The van der Waals surface area contributed by atoms with Crippen molar-refractivity contribution < 1.29 is 31.9 Å². The van der Waals surface area contributed by atoms with Crippen molar-refractivity contribution in [3.8, 4) is 0 Å². The zero-order valence-corrected chi connectivity index (χ0v) is 10.5. The molecule has 0 aliphatic carbocycles. The summed E-state index contributed by atoms with van der Waals surface area (Å²) in [6.07, 6.45) is -2.17. The van der Waals surface area contributed by atoms with E-state index in [0.29, 0.717) is 11.5 Å². The average molecular weight is 291 g/mol. The van der Waals surface area contributed by atoms with Gasteiger partial charge in [-0.05, 0) is 25.1 Å². The van der Waals surface area contributed by atoms with Crippen molar-refractivity contribution in [3.05, 3.63) is 29.7 Å². The van der Waals surface area contributed by atoms with Gasteiger partial charge >= 0.3 is 12.1 Å². The number of hydrogen-bond acceptors (Lipinski definition) is 4. The minimum Gasteiger partial charge on any atom is -0.462 e. The molecule has 0 fully saturated rings. The molecule has 110 valence electrons. The number of amides is 1. The fraction of sp³-hybridized carbons (Fsp3) is 0.333. The van der Waals surface area contributed by atoms with Crippen molar-refractivity contribution in [1.82, 2.24) is 5.32 Å². The number of nitrogens with one attached hydrogen (secondary N) is 1. The highest BCUT2D eigenvalue weighted by molar-refractivity contribution is 5.88. The molecule has 0 atom stereocenters. The summed E-state index contributed by atoms with van der Waals surface area (Å²) in [5.74, 6) is -0.815.